The van der Waals surface area contributed by atoms with E-state index in [1.807, 2.05) is 60.1 Å². The molecule has 1 aliphatic rings. The summed E-state index contributed by atoms with van der Waals surface area (Å²) in [6.45, 7) is 7.20. The van der Waals surface area contributed by atoms with Gasteiger partial charge in [0.15, 0.2) is 0 Å². The Morgan fingerprint density at radius 3 is 2.31 bits per heavy atom. The number of fused-ring (bicyclic) bond motifs is 3. The summed E-state index contributed by atoms with van der Waals surface area (Å²) in [6, 6.07) is 36.2. The molecule has 0 unspecified atom stereocenters. The number of hydrogen-bond donors (Lipinski definition) is 0. The normalized spacial score (nSPS) is 13.0. The van der Waals surface area contributed by atoms with Crippen LogP contribution in [0.15, 0.2) is 97.3 Å². The van der Waals surface area contributed by atoms with E-state index in [9.17, 15) is 0 Å². The molecule has 0 aliphatic heterocycles. The largest absolute Gasteiger partial charge is 0.305 e. The van der Waals surface area contributed by atoms with E-state index in [0.717, 1.165) is 28.4 Å². The summed E-state index contributed by atoms with van der Waals surface area (Å²) in [5.41, 5.74) is 5.66. The van der Waals surface area contributed by atoms with Crippen molar-refractivity contribution < 1.29 is 20.1 Å². The third-order valence-electron chi connectivity index (χ3n) is 7.04. The Morgan fingerprint density at radius 1 is 0.769 bits per heavy atom. The summed E-state index contributed by atoms with van der Waals surface area (Å²) in [5, 5.41) is 4.21. The molecule has 1 saturated carbocycles. The molecule has 3 heterocycles. The maximum atomic E-state index is 4.51. The molecule has 0 bridgehead atoms. The van der Waals surface area contributed by atoms with Crippen LogP contribution in [-0.4, -0.2) is 18.0 Å². The maximum absolute atomic E-state index is 4.51. The predicted molar refractivity (Wildman–Crippen MR) is 165 cm³/mol. The minimum Gasteiger partial charge on any atom is -0.305 e. The first-order valence-electron chi connectivity index (χ1n) is 13.2. The van der Waals surface area contributed by atoms with E-state index in [-0.39, 0.29) is 20.1 Å². The van der Waals surface area contributed by atoms with Gasteiger partial charge in [-0.2, -0.15) is 11.3 Å². The molecule has 0 N–H and O–H groups in total. The van der Waals surface area contributed by atoms with Crippen molar-refractivity contribution in [2.24, 2.45) is 0 Å². The molecule has 39 heavy (non-hydrogen) atoms. The number of rotatable bonds is 4. The van der Waals surface area contributed by atoms with Gasteiger partial charge in [-0.3, -0.25) is 0 Å². The van der Waals surface area contributed by atoms with E-state index in [0.29, 0.717) is 0 Å². The first kappa shape index (κ1) is 27.6. The second kappa shape index (κ2) is 11.7. The van der Waals surface area contributed by atoms with E-state index in [1.165, 1.54) is 43.8 Å². The fourth-order valence-corrected chi connectivity index (χ4v) is 7.08. The van der Waals surface area contributed by atoms with Crippen molar-refractivity contribution in [3.05, 3.63) is 115 Å². The molecule has 3 aromatic heterocycles. The Hall–Kier alpha value is -2.95. The molecule has 0 atom stereocenters. The molecule has 2 nitrogen and oxygen atoms in total. The summed E-state index contributed by atoms with van der Waals surface area (Å²) in [4.78, 5) is 8.90. The average Bonchev–Trinajstić information content (AvgIpc) is 3.74. The van der Waals surface area contributed by atoms with Crippen molar-refractivity contribution in [1.82, 2.24) is 9.97 Å². The molecule has 1 aliphatic carbocycles. The quantitative estimate of drug-likeness (QED) is 0.135. The summed E-state index contributed by atoms with van der Waals surface area (Å²) in [6.07, 6.45) is 6.42. The minimum atomic E-state index is -1.30. The Bertz CT molecular complexity index is 1700. The fraction of sp³-hybridized carbons (Fsp3) is 0.176. The van der Waals surface area contributed by atoms with Gasteiger partial charge >= 0.3 is 0 Å². The summed E-state index contributed by atoms with van der Waals surface area (Å²) < 4.78 is 2.63. The van der Waals surface area contributed by atoms with Gasteiger partial charge in [-0.05, 0) is 58.4 Å². The smallest absolute Gasteiger partial charge is 0.0776 e. The molecule has 5 heteroatoms. The van der Waals surface area contributed by atoms with Crippen LogP contribution in [0.1, 0.15) is 24.3 Å². The summed E-state index contributed by atoms with van der Waals surface area (Å²) in [5.74, 6) is 0.787. The Kier molecular flexibility index (Phi) is 8.25. The second-order valence-electron chi connectivity index (χ2n) is 10.9. The fourth-order valence-electron chi connectivity index (χ4n) is 4.73. The molecule has 0 amide bonds. The van der Waals surface area contributed by atoms with Crippen LogP contribution in [0.2, 0.25) is 19.6 Å². The molecule has 1 radical (unpaired) electrons. The third kappa shape index (κ3) is 6.13. The van der Waals surface area contributed by atoms with Crippen LogP contribution >= 0.6 is 11.3 Å². The number of thiophene rings is 1. The van der Waals surface area contributed by atoms with Crippen LogP contribution in [0.4, 0.5) is 0 Å². The van der Waals surface area contributed by atoms with Crippen molar-refractivity contribution in [3.8, 4) is 22.5 Å². The van der Waals surface area contributed by atoms with Crippen LogP contribution in [0, 0.1) is 12.1 Å². The molecule has 1 fully saturated rings. The number of pyridine rings is 2. The van der Waals surface area contributed by atoms with Gasteiger partial charge in [-0.1, -0.05) is 66.1 Å². The zero-order valence-electron chi connectivity index (χ0n) is 22.4. The first-order chi connectivity index (χ1) is 18.5. The first-order valence-corrected chi connectivity index (χ1v) is 17.5. The second-order valence-corrected chi connectivity index (χ2v) is 17.0. The zero-order valence-corrected chi connectivity index (χ0v) is 26.6. The van der Waals surface area contributed by atoms with Gasteiger partial charge in [0.2, 0.25) is 0 Å². The van der Waals surface area contributed by atoms with Gasteiger partial charge in [0.05, 0.1) is 8.07 Å². The van der Waals surface area contributed by atoms with E-state index in [4.69, 9.17) is 0 Å². The predicted octanol–water partition coefficient (Wildman–Crippen LogP) is 8.89. The van der Waals surface area contributed by atoms with Gasteiger partial charge < -0.3 is 9.97 Å². The van der Waals surface area contributed by atoms with Crippen molar-refractivity contribution in [1.29, 1.82) is 0 Å². The number of benzene rings is 3. The SMILES string of the molecule is C[Si](C)(C)c1ccc2sc3c(-c4ccccn4)[c-]ccc3c2c1.[Ir].[c-]1ccccc1-c1cc(C2CC2)ccn1. The van der Waals surface area contributed by atoms with Gasteiger partial charge in [0.1, 0.15) is 0 Å². The topological polar surface area (TPSA) is 25.8 Å². The van der Waals surface area contributed by atoms with Crippen LogP contribution in [0.3, 0.4) is 0 Å². The molecule has 0 saturated heterocycles. The Morgan fingerprint density at radius 2 is 1.59 bits per heavy atom. The van der Waals surface area contributed by atoms with Gasteiger partial charge in [0, 0.05) is 37.2 Å². The van der Waals surface area contributed by atoms with Crippen molar-refractivity contribution in [2.45, 2.75) is 38.4 Å². The van der Waals surface area contributed by atoms with Gasteiger partial charge in [-0.25, -0.2) is 0 Å². The monoisotopic (exact) mass is 719 g/mol. The molecule has 6 aromatic rings. The van der Waals surface area contributed by atoms with Crippen LogP contribution < -0.4 is 5.19 Å². The Labute approximate surface area is 249 Å². The minimum absolute atomic E-state index is 0. The van der Waals surface area contributed by atoms with E-state index >= 15 is 0 Å². The number of hydrogen-bond acceptors (Lipinski definition) is 3. The molecule has 0 spiro atoms. The van der Waals surface area contributed by atoms with Crippen molar-refractivity contribution in [3.63, 3.8) is 0 Å². The third-order valence-corrected chi connectivity index (χ3v) is 10.3. The van der Waals surface area contributed by atoms with Crippen molar-refractivity contribution >= 4 is 44.8 Å². The molecule has 7 rings (SSSR count). The van der Waals surface area contributed by atoms with E-state index in [1.54, 1.807) is 0 Å². The molecule has 197 valence electrons. The number of aromatic nitrogens is 2. The van der Waals surface area contributed by atoms with E-state index in [2.05, 4.69) is 90.3 Å². The van der Waals surface area contributed by atoms with Gasteiger partial charge in [0.25, 0.3) is 0 Å². The molecular formula is C34H30IrN2SSi-2. The van der Waals surface area contributed by atoms with Crippen LogP contribution in [0.25, 0.3) is 42.7 Å². The van der Waals surface area contributed by atoms with Crippen molar-refractivity contribution in [2.75, 3.05) is 0 Å². The maximum Gasteiger partial charge on any atom is 0.0776 e. The van der Waals surface area contributed by atoms with E-state index < -0.39 is 8.07 Å². The summed E-state index contributed by atoms with van der Waals surface area (Å²) in [7, 11) is -1.30. The van der Waals surface area contributed by atoms with Gasteiger partial charge in [-0.15, -0.1) is 59.7 Å². The standard InChI is InChI=1S/C20H18NSSi.C14H12N.Ir/c1-23(2,3)14-10-11-19-17(13-14)15-7-6-8-16(20(15)22-19)18-9-4-5-12-21-18;1-2-4-12(5-3-1)14-10-13(8-9-15-14)11-6-7-11;/h4-7,9-13H,1-3H3;1-4,8-11H,6-7H2;/q2*-1;. The number of nitrogens with zero attached hydrogens (tertiary/aromatic N) is 2. The van der Waals surface area contributed by atoms with Crippen LogP contribution in [-0.2, 0) is 20.1 Å². The Balaban J connectivity index is 0.000000167. The molecular weight excluding hydrogens is 689 g/mol. The summed E-state index contributed by atoms with van der Waals surface area (Å²) >= 11 is 1.85. The molecule has 3 aromatic carbocycles. The zero-order chi connectivity index (χ0) is 26.1. The average molecular weight is 719 g/mol. The van der Waals surface area contributed by atoms with Crippen LogP contribution in [0.5, 0.6) is 0 Å².